The van der Waals surface area contributed by atoms with Crippen molar-refractivity contribution in [1.29, 1.82) is 0 Å². The van der Waals surface area contributed by atoms with E-state index in [1.807, 2.05) is 18.2 Å². The summed E-state index contributed by atoms with van der Waals surface area (Å²) in [5, 5.41) is 0.535. The van der Waals surface area contributed by atoms with Crippen LogP contribution in [0.1, 0.15) is 10.4 Å². The molecule has 1 amide bonds. The maximum Gasteiger partial charge on any atom is 0.269 e. The number of hydrogen-bond donors (Lipinski definition) is 2. The van der Waals surface area contributed by atoms with Gasteiger partial charge in [-0.05, 0) is 36.4 Å². The molecule has 5 nitrogen and oxygen atoms in total. The van der Waals surface area contributed by atoms with Gasteiger partial charge >= 0.3 is 0 Å². The first-order chi connectivity index (χ1) is 10.7. The van der Waals surface area contributed by atoms with Crippen LogP contribution >= 0.6 is 11.3 Å². The zero-order valence-corrected chi connectivity index (χ0v) is 12.4. The van der Waals surface area contributed by atoms with E-state index >= 15 is 0 Å². The van der Waals surface area contributed by atoms with Crippen molar-refractivity contribution in [2.75, 3.05) is 12.5 Å². The van der Waals surface area contributed by atoms with E-state index in [0.29, 0.717) is 5.13 Å². The second kappa shape index (κ2) is 5.98. The number of rotatable bonds is 4. The first kappa shape index (κ1) is 14.3. The summed E-state index contributed by atoms with van der Waals surface area (Å²) >= 11 is 1.38. The van der Waals surface area contributed by atoms with E-state index in [1.165, 1.54) is 35.6 Å². The molecule has 1 aromatic heterocycles. The number of methoxy groups -OCH3 is 1. The van der Waals surface area contributed by atoms with Gasteiger partial charge in [0.15, 0.2) is 0 Å². The first-order valence-corrected chi connectivity index (χ1v) is 7.24. The average Bonchev–Trinajstić information content (AvgIpc) is 2.94. The number of nitrogens with one attached hydrogen (secondary N) is 2. The Kier molecular flexibility index (Phi) is 3.88. The Morgan fingerprint density at radius 2 is 2.14 bits per heavy atom. The molecule has 2 aromatic carbocycles. The molecule has 2 N–H and O–H groups in total. The molecule has 7 heteroatoms. The zero-order chi connectivity index (χ0) is 15.5. The molecule has 0 radical (unpaired) electrons. The molecule has 0 atom stereocenters. The number of amides is 1. The fourth-order valence-corrected chi connectivity index (χ4v) is 2.75. The molecule has 1 heterocycles. The highest BCUT2D eigenvalue weighted by atomic mass is 32.1. The average molecular weight is 317 g/mol. The number of fused-ring (bicyclic) bond motifs is 1. The van der Waals surface area contributed by atoms with E-state index in [0.717, 1.165) is 16.0 Å². The lowest BCUT2D eigenvalue weighted by Crippen LogP contribution is -2.29. The molecule has 0 aliphatic carbocycles. The summed E-state index contributed by atoms with van der Waals surface area (Å²) in [6, 6.07) is 11.0. The van der Waals surface area contributed by atoms with E-state index in [-0.39, 0.29) is 5.56 Å². The Labute approximate surface area is 129 Å². The number of thiazole rings is 1. The molecule has 0 saturated carbocycles. The van der Waals surface area contributed by atoms with Gasteiger partial charge in [0.2, 0.25) is 5.13 Å². The Bertz CT molecular complexity index is 835. The number of benzene rings is 2. The van der Waals surface area contributed by atoms with Gasteiger partial charge in [0.25, 0.3) is 5.91 Å². The third kappa shape index (κ3) is 2.99. The quantitative estimate of drug-likeness (QED) is 0.725. The predicted molar refractivity (Wildman–Crippen MR) is 83.7 cm³/mol. The van der Waals surface area contributed by atoms with Gasteiger partial charge in [0.05, 0.1) is 17.3 Å². The topological polar surface area (TPSA) is 63.2 Å². The molecular formula is C15H12FN3O2S. The Morgan fingerprint density at radius 3 is 2.91 bits per heavy atom. The Hall–Kier alpha value is -2.67. The maximum absolute atomic E-state index is 13.1. The third-order valence-corrected chi connectivity index (χ3v) is 3.90. The molecule has 0 aliphatic heterocycles. The molecular weight excluding hydrogens is 305 g/mol. The lowest BCUT2D eigenvalue weighted by molar-refractivity contribution is 0.0962. The van der Waals surface area contributed by atoms with Crippen molar-refractivity contribution in [1.82, 2.24) is 10.4 Å². The molecule has 0 aliphatic rings. The third-order valence-electron chi connectivity index (χ3n) is 2.97. The number of anilines is 1. The first-order valence-electron chi connectivity index (χ1n) is 6.42. The molecule has 112 valence electrons. The number of halogens is 1. The van der Waals surface area contributed by atoms with Crippen LogP contribution in [0.2, 0.25) is 0 Å². The van der Waals surface area contributed by atoms with Gasteiger partial charge in [-0.3, -0.25) is 15.6 Å². The number of hydrazine groups is 1. The summed E-state index contributed by atoms with van der Waals surface area (Å²) in [6.07, 6.45) is 0. The molecule has 0 fully saturated rings. The van der Waals surface area contributed by atoms with E-state index in [2.05, 4.69) is 15.8 Å². The fourth-order valence-electron chi connectivity index (χ4n) is 1.90. The number of hydrogen-bond acceptors (Lipinski definition) is 5. The van der Waals surface area contributed by atoms with Gasteiger partial charge < -0.3 is 4.74 Å². The van der Waals surface area contributed by atoms with Crippen molar-refractivity contribution in [3.8, 4) is 5.75 Å². The van der Waals surface area contributed by atoms with Crippen molar-refractivity contribution < 1.29 is 13.9 Å². The standard InChI is InChI=1S/C15H12FN3O2S/c1-21-11-5-6-12-13(8-11)22-15(17-12)19-18-14(20)9-3-2-4-10(16)7-9/h2-8H,1H3,(H,17,19)(H,18,20). The number of aromatic nitrogens is 1. The van der Waals surface area contributed by atoms with E-state index in [1.54, 1.807) is 7.11 Å². The summed E-state index contributed by atoms with van der Waals surface area (Å²) in [4.78, 5) is 16.2. The predicted octanol–water partition coefficient (Wildman–Crippen LogP) is 3.20. The smallest absolute Gasteiger partial charge is 0.269 e. The van der Waals surface area contributed by atoms with Gasteiger partial charge in [-0.15, -0.1) is 0 Å². The second-order valence-corrected chi connectivity index (χ2v) is 5.47. The Morgan fingerprint density at radius 1 is 1.27 bits per heavy atom. The highest BCUT2D eigenvalue weighted by Gasteiger charge is 2.08. The molecule has 0 bridgehead atoms. The van der Waals surface area contributed by atoms with Crippen LogP contribution in [0.4, 0.5) is 9.52 Å². The van der Waals surface area contributed by atoms with Gasteiger partial charge in [-0.25, -0.2) is 9.37 Å². The second-order valence-electron chi connectivity index (χ2n) is 4.44. The molecule has 22 heavy (non-hydrogen) atoms. The van der Waals surface area contributed by atoms with Crippen molar-refractivity contribution in [2.24, 2.45) is 0 Å². The minimum atomic E-state index is -0.459. The van der Waals surface area contributed by atoms with Crippen LogP contribution < -0.4 is 15.6 Å². The normalized spacial score (nSPS) is 10.5. The highest BCUT2D eigenvalue weighted by Crippen LogP contribution is 2.28. The number of ether oxygens (including phenoxy) is 1. The lowest BCUT2D eigenvalue weighted by atomic mass is 10.2. The van der Waals surface area contributed by atoms with Crippen LogP contribution in [-0.4, -0.2) is 18.0 Å². The van der Waals surface area contributed by atoms with Crippen LogP contribution in [0, 0.1) is 5.82 Å². The largest absolute Gasteiger partial charge is 0.497 e. The van der Waals surface area contributed by atoms with Crippen LogP contribution in [0.3, 0.4) is 0 Å². The fraction of sp³-hybridized carbons (Fsp3) is 0.0667. The van der Waals surface area contributed by atoms with Crippen LogP contribution in [0.25, 0.3) is 10.2 Å². The van der Waals surface area contributed by atoms with Crippen LogP contribution in [0.15, 0.2) is 42.5 Å². The van der Waals surface area contributed by atoms with E-state index in [4.69, 9.17) is 4.74 Å². The summed E-state index contributed by atoms with van der Waals surface area (Å²) in [6.45, 7) is 0. The maximum atomic E-state index is 13.1. The minimum absolute atomic E-state index is 0.232. The van der Waals surface area contributed by atoms with Crippen LogP contribution in [0.5, 0.6) is 5.75 Å². The lowest BCUT2D eigenvalue weighted by Gasteiger charge is -2.05. The summed E-state index contributed by atoms with van der Waals surface area (Å²) in [7, 11) is 1.60. The monoisotopic (exact) mass is 317 g/mol. The summed E-state index contributed by atoms with van der Waals surface area (Å²) < 4.78 is 19.2. The molecule has 0 spiro atoms. The number of nitrogens with zero attached hydrogens (tertiary/aromatic N) is 1. The van der Waals surface area contributed by atoms with Crippen molar-refractivity contribution >= 4 is 32.6 Å². The molecule has 3 rings (SSSR count). The summed E-state index contributed by atoms with van der Waals surface area (Å²) in [5.74, 6) is -0.150. The number of carbonyl (C=O) groups is 1. The van der Waals surface area contributed by atoms with Gasteiger partial charge in [0, 0.05) is 5.56 Å². The molecule has 0 unspecified atom stereocenters. The number of carbonyl (C=O) groups excluding carboxylic acids is 1. The molecule has 3 aromatic rings. The van der Waals surface area contributed by atoms with Gasteiger partial charge in [0.1, 0.15) is 11.6 Å². The van der Waals surface area contributed by atoms with Gasteiger partial charge in [-0.1, -0.05) is 17.4 Å². The minimum Gasteiger partial charge on any atom is -0.497 e. The Balaban J connectivity index is 1.72. The van der Waals surface area contributed by atoms with E-state index in [9.17, 15) is 9.18 Å². The van der Waals surface area contributed by atoms with Crippen LogP contribution in [-0.2, 0) is 0 Å². The van der Waals surface area contributed by atoms with Crippen molar-refractivity contribution in [2.45, 2.75) is 0 Å². The van der Waals surface area contributed by atoms with Crippen molar-refractivity contribution in [3.63, 3.8) is 0 Å². The summed E-state index contributed by atoms with van der Waals surface area (Å²) in [5.41, 5.74) is 6.26. The highest BCUT2D eigenvalue weighted by molar-refractivity contribution is 7.22. The zero-order valence-electron chi connectivity index (χ0n) is 11.6. The molecule has 0 saturated heterocycles. The van der Waals surface area contributed by atoms with Gasteiger partial charge in [-0.2, -0.15) is 0 Å². The van der Waals surface area contributed by atoms with Crippen molar-refractivity contribution in [3.05, 3.63) is 53.8 Å². The SMILES string of the molecule is COc1ccc2nc(NNC(=O)c3cccc(F)c3)sc2c1. The van der Waals surface area contributed by atoms with E-state index < -0.39 is 11.7 Å².